The van der Waals surface area contributed by atoms with Gasteiger partial charge in [0.15, 0.2) is 0 Å². The number of aromatic hydroxyl groups is 1. The molecule has 1 fully saturated rings. The van der Waals surface area contributed by atoms with Crippen LogP contribution in [0.2, 0.25) is 0 Å². The highest BCUT2D eigenvalue weighted by Gasteiger charge is 2.22. The van der Waals surface area contributed by atoms with Gasteiger partial charge in [0.1, 0.15) is 11.4 Å². The van der Waals surface area contributed by atoms with E-state index in [1.54, 1.807) is 6.07 Å². The Hall–Kier alpha value is -1.82. The van der Waals surface area contributed by atoms with Gasteiger partial charge in [-0.1, -0.05) is 0 Å². The highest BCUT2D eigenvalue weighted by molar-refractivity contribution is 5.64. The summed E-state index contributed by atoms with van der Waals surface area (Å²) in [7, 11) is 2.02. The lowest BCUT2D eigenvalue weighted by atomic mass is 10.2. The van der Waals surface area contributed by atoms with Crippen LogP contribution in [0, 0.1) is 10.1 Å². The second kappa shape index (κ2) is 4.58. The van der Waals surface area contributed by atoms with Crippen molar-refractivity contribution in [2.45, 2.75) is 12.5 Å². The third-order valence-corrected chi connectivity index (χ3v) is 2.93. The van der Waals surface area contributed by atoms with Crippen LogP contribution in [-0.2, 0) is 0 Å². The second-order valence-electron chi connectivity index (χ2n) is 4.35. The molecule has 0 aromatic heterocycles. The minimum absolute atomic E-state index is 0.0837. The van der Waals surface area contributed by atoms with Crippen molar-refractivity contribution in [1.82, 2.24) is 4.90 Å². The number of hydrogen-bond acceptors (Lipinski definition) is 5. The van der Waals surface area contributed by atoms with E-state index in [0.717, 1.165) is 19.5 Å². The monoisotopic (exact) mass is 237 g/mol. The number of likely N-dealkylation sites (tertiary alicyclic amines) is 1. The van der Waals surface area contributed by atoms with Gasteiger partial charge in [-0.2, -0.15) is 0 Å². The summed E-state index contributed by atoms with van der Waals surface area (Å²) in [5.41, 5.74) is 0.382. The first-order valence-corrected chi connectivity index (χ1v) is 5.49. The zero-order valence-electron chi connectivity index (χ0n) is 9.59. The van der Waals surface area contributed by atoms with Crippen LogP contribution in [-0.4, -0.2) is 41.1 Å². The fraction of sp³-hybridized carbons (Fsp3) is 0.455. The SMILES string of the molecule is CN1CCC(Nc2ccc(O)cc2[N+](=O)[O-])C1. The van der Waals surface area contributed by atoms with Gasteiger partial charge < -0.3 is 15.3 Å². The van der Waals surface area contributed by atoms with E-state index in [-0.39, 0.29) is 17.5 Å². The zero-order valence-corrected chi connectivity index (χ0v) is 9.59. The number of phenolic OH excluding ortho intramolecular Hbond substituents is 1. The smallest absolute Gasteiger partial charge is 0.296 e. The largest absolute Gasteiger partial charge is 0.508 e. The van der Waals surface area contributed by atoms with Crippen LogP contribution in [0.15, 0.2) is 18.2 Å². The van der Waals surface area contributed by atoms with Crippen LogP contribution in [0.1, 0.15) is 6.42 Å². The second-order valence-corrected chi connectivity index (χ2v) is 4.35. The molecule has 1 heterocycles. The Kier molecular flexibility index (Phi) is 3.14. The summed E-state index contributed by atoms with van der Waals surface area (Å²) in [4.78, 5) is 12.5. The van der Waals surface area contributed by atoms with E-state index in [0.29, 0.717) is 5.69 Å². The number of phenols is 1. The molecule has 0 saturated carbocycles. The quantitative estimate of drug-likeness (QED) is 0.472. The van der Waals surface area contributed by atoms with Gasteiger partial charge in [0.05, 0.1) is 11.0 Å². The van der Waals surface area contributed by atoms with E-state index in [4.69, 9.17) is 0 Å². The number of nitrogens with zero attached hydrogens (tertiary/aromatic N) is 2. The number of nitrogens with one attached hydrogen (secondary N) is 1. The molecule has 1 aliphatic rings. The normalized spacial score (nSPS) is 20.4. The molecule has 0 aliphatic carbocycles. The first kappa shape index (κ1) is 11.7. The van der Waals surface area contributed by atoms with Crippen LogP contribution < -0.4 is 5.32 Å². The minimum Gasteiger partial charge on any atom is -0.508 e. The Morgan fingerprint density at radius 1 is 1.59 bits per heavy atom. The molecule has 0 amide bonds. The summed E-state index contributed by atoms with van der Waals surface area (Å²) in [6.07, 6.45) is 0.967. The van der Waals surface area contributed by atoms with Gasteiger partial charge in [0, 0.05) is 12.6 Å². The molecular formula is C11H15N3O3. The van der Waals surface area contributed by atoms with E-state index in [9.17, 15) is 15.2 Å². The number of rotatable bonds is 3. The van der Waals surface area contributed by atoms with Crippen molar-refractivity contribution in [1.29, 1.82) is 0 Å². The minimum atomic E-state index is -0.485. The molecule has 1 aliphatic heterocycles. The van der Waals surface area contributed by atoms with E-state index in [1.807, 2.05) is 7.05 Å². The third-order valence-electron chi connectivity index (χ3n) is 2.93. The van der Waals surface area contributed by atoms with Gasteiger partial charge >= 0.3 is 0 Å². The summed E-state index contributed by atoms with van der Waals surface area (Å²) in [5.74, 6) is -0.0919. The van der Waals surface area contributed by atoms with Crippen LogP contribution in [0.25, 0.3) is 0 Å². The predicted molar refractivity (Wildman–Crippen MR) is 64.3 cm³/mol. The number of anilines is 1. The fourth-order valence-corrected chi connectivity index (χ4v) is 2.07. The van der Waals surface area contributed by atoms with E-state index < -0.39 is 4.92 Å². The molecule has 1 saturated heterocycles. The van der Waals surface area contributed by atoms with Crippen molar-refractivity contribution < 1.29 is 10.0 Å². The Morgan fingerprint density at radius 3 is 2.94 bits per heavy atom. The molecule has 0 spiro atoms. The number of nitro groups is 1. The van der Waals surface area contributed by atoms with Crippen molar-refractivity contribution >= 4 is 11.4 Å². The maximum absolute atomic E-state index is 10.9. The van der Waals surface area contributed by atoms with Crippen LogP contribution in [0.4, 0.5) is 11.4 Å². The maximum Gasteiger partial charge on any atom is 0.296 e. The molecule has 1 aromatic carbocycles. The van der Waals surface area contributed by atoms with Crippen molar-refractivity contribution in [2.75, 3.05) is 25.5 Å². The predicted octanol–water partition coefficient (Wildman–Crippen LogP) is 1.42. The Labute approximate surface area is 99.0 Å². The average molecular weight is 237 g/mol. The van der Waals surface area contributed by atoms with E-state index in [1.165, 1.54) is 12.1 Å². The molecule has 6 nitrogen and oxygen atoms in total. The Morgan fingerprint density at radius 2 is 2.35 bits per heavy atom. The topological polar surface area (TPSA) is 78.6 Å². The Bertz CT molecular complexity index is 436. The summed E-state index contributed by atoms with van der Waals surface area (Å²) >= 11 is 0. The van der Waals surface area contributed by atoms with Crippen molar-refractivity contribution in [3.05, 3.63) is 28.3 Å². The molecule has 17 heavy (non-hydrogen) atoms. The molecule has 2 rings (SSSR count). The zero-order chi connectivity index (χ0) is 12.4. The standard InChI is InChI=1S/C11H15N3O3/c1-13-5-4-8(7-13)12-10-3-2-9(15)6-11(10)14(16)17/h2-3,6,8,12,15H,4-5,7H2,1H3. The van der Waals surface area contributed by atoms with Gasteiger partial charge in [-0.3, -0.25) is 10.1 Å². The summed E-state index contributed by atoms with van der Waals surface area (Å²) in [5, 5.41) is 23.3. The van der Waals surface area contributed by atoms with Gasteiger partial charge in [-0.25, -0.2) is 0 Å². The molecule has 1 atom stereocenters. The van der Waals surface area contributed by atoms with Crippen molar-refractivity contribution in [2.24, 2.45) is 0 Å². The summed E-state index contributed by atoms with van der Waals surface area (Å²) in [6, 6.07) is 4.39. The number of nitro benzene ring substituents is 1. The molecular weight excluding hydrogens is 222 g/mol. The average Bonchev–Trinajstić information content (AvgIpc) is 2.66. The highest BCUT2D eigenvalue weighted by atomic mass is 16.6. The van der Waals surface area contributed by atoms with Crippen LogP contribution in [0.5, 0.6) is 5.75 Å². The molecule has 0 bridgehead atoms. The van der Waals surface area contributed by atoms with Crippen LogP contribution >= 0.6 is 0 Å². The van der Waals surface area contributed by atoms with Crippen molar-refractivity contribution in [3.63, 3.8) is 0 Å². The summed E-state index contributed by atoms with van der Waals surface area (Å²) in [6.45, 7) is 1.86. The molecule has 1 unspecified atom stereocenters. The van der Waals surface area contributed by atoms with Gasteiger partial charge in [0.2, 0.25) is 0 Å². The first-order valence-electron chi connectivity index (χ1n) is 5.49. The van der Waals surface area contributed by atoms with E-state index >= 15 is 0 Å². The lowest BCUT2D eigenvalue weighted by Crippen LogP contribution is -2.23. The van der Waals surface area contributed by atoms with Crippen LogP contribution in [0.3, 0.4) is 0 Å². The van der Waals surface area contributed by atoms with Gasteiger partial charge in [-0.05, 0) is 32.1 Å². The molecule has 0 radical (unpaired) electrons. The maximum atomic E-state index is 10.9. The lowest BCUT2D eigenvalue weighted by molar-refractivity contribution is -0.384. The number of hydrogen-bond donors (Lipinski definition) is 2. The first-order chi connectivity index (χ1) is 8.06. The van der Waals surface area contributed by atoms with E-state index in [2.05, 4.69) is 10.2 Å². The number of benzene rings is 1. The third kappa shape index (κ3) is 2.65. The van der Waals surface area contributed by atoms with Gasteiger partial charge in [-0.15, -0.1) is 0 Å². The van der Waals surface area contributed by atoms with Crippen molar-refractivity contribution in [3.8, 4) is 5.75 Å². The van der Waals surface area contributed by atoms with Gasteiger partial charge in [0.25, 0.3) is 5.69 Å². The number of likely N-dealkylation sites (N-methyl/N-ethyl adjacent to an activating group) is 1. The lowest BCUT2D eigenvalue weighted by Gasteiger charge is -2.14. The summed E-state index contributed by atoms with van der Waals surface area (Å²) < 4.78 is 0. The molecule has 6 heteroatoms. The highest BCUT2D eigenvalue weighted by Crippen LogP contribution is 2.29. The fourth-order valence-electron chi connectivity index (χ4n) is 2.07. The Balaban J connectivity index is 2.17. The molecule has 1 aromatic rings. The molecule has 2 N–H and O–H groups in total. The molecule has 92 valence electrons.